The van der Waals surface area contributed by atoms with Gasteiger partial charge in [0.2, 0.25) is 11.9 Å². The Morgan fingerprint density at radius 2 is 1.84 bits per heavy atom. The summed E-state index contributed by atoms with van der Waals surface area (Å²) in [5.74, 6) is -0.580. The number of carbonyl (C=O) groups is 3. The molecule has 1 fully saturated rings. The number of piperidine rings is 1. The number of Topliss-reactive ketones (excluding diaryl/α,β-unsaturated/α-hetero) is 1. The number of imidazole rings is 1. The molecule has 0 aliphatic carbocycles. The van der Waals surface area contributed by atoms with E-state index in [2.05, 4.69) is 10.6 Å². The van der Waals surface area contributed by atoms with Crippen LogP contribution in [0.4, 0.5) is 16.4 Å². The maximum Gasteiger partial charge on any atom is 0.407 e. The van der Waals surface area contributed by atoms with Gasteiger partial charge in [0.15, 0.2) is 16.9 Å². The van der Waals surface area contributed by atoms with E-state index in [9.17, 15) is 24.0 Å². The zero-order chi connectivity index (χ0) is 33.1. The van der Waals surface area contributed by atoms with Gasteiger partial charge in [-0.3, -0.25) is 23.5 Å². The van der Waals surface area contributed by atoms with Crippen molar-refractivity contribution in [3.05, 3.63) is 62.8 Å². The average Bonchev–Trinajstić information content (AvgIpc) is 3.36. The topological polar surface area (TPSA) is 150 Å². The minimum Gasteiger partial charge on any atom is -0.444 e. The highest BCUT2D eigenvalue weighted by atomic mass is 16.6. The molecule has 4 rings (SSSR count). The number of hydrogen-bond donors (Lipinski definition) is 2. The van der Waals surface area contributed by atoms with Gasteiger partial charge in [-0.15, -0.1) is 0 Å². The predicted molar refractivity (Wildman–Crippen MR) is 173 cm³/mol. The van der Waals surface area contributed by atoms with Gasteiger partial charge in [-0.25, -0.2) is 9.59 Å². The first-order valence-electron chi connectivity index (χ1n) is 15.2. The number of nitrogens with one attached hydrogen (secondary N) is 2. The number of ether oxygens (including phenoxy) is 1. The van der Waals surface area contributed by atoms with Crippen molar-refractivity contribution in [2.45, 2.75) is 79.1 Å². The lowest BCUT2D eigenvalue weighted by atomic mass is 10.1. The summed E-state index contributed by atoms with van der Waals surface area (Å²) >= 11 is 0. The second-order valence-corrected chi connectivity index (χ2v) is 12.5. The summed E-state index contributed by atoms with van der Waals surface area (Å²) in [5, 5.41) is 5.69. The second-order valence-electron chi connectivity index (χ2n) is 12.5. The van der Waals surface area contributed by atoms with Crippen molar-refractivity contribution >= 4 is 40.6 Å². The van der Waals surface area contributed by atoms with Crippen LogP contribution in [0.5, 0.6) is 0 Å². The molecule has 0 spiro atoms. The molecule has 242 valence electrons. The lowest BCUT2D eigenvalue weighted by Gasteiger charge is -2.34. The smallest absolute Gasteiger partial charge is 0.407 e. The molecule has 1 aliphatic rings. The normalized spacial score (nSPS) is 15.6. The Morgan fingerprint density at radius 1 is 1.13 bits per heavy atom. The van der Waals surface area contributed by atoms with E-state index < -0.39 is 35.3 Å². The maximum atomic E-state index is 14.0. The number of para-hydroxylation sites is 1. The van der Waals surface area contributed by atoms with Gasteiger partial charge in [-0.2, -0.15) is 4.98 Å². The summed E-state index contributed by atoms with van der Waals surface area (Å²) in [4.78, 5) is 72.6. The molecule has 0 saturated carbocycles. The molecule has 1 aromatic carbocycles. The fourth-order valence-corrected chi connectivity index (χ4v) is 5.22. The van der Waals surface area contributed by atoms with Crippen LogP contribution in [0.15, 0.2) is 46.0 Å². The summed E-state index contributed by atoms with van der Waals surface area (Å²) in [6.45, 7) is 11.6. The van der Waals surface area contributed by atoms with Crippen LogP contribution in [-0.4, -0.2) is 61.2 Å². The summed E-state index contributed by atoms with van der Waals surface area (Å²) < 4.78 is 9.36. The first kappa shape index (κ1) is 33.2. The molecule has 1 aliphatic heterocycles. The van der Waals surface area contributed by atoms with Gasteiger partial charge in [-0.1, -0.05) is 38.1 Å². The number of anilines is 2. The third-order valence-electron chi connectivity index (χ3n) is 7.47. The Kier molecular flexibility index (Phi) is 9.99. The molecule has 1 unspecified atom stereocenters. The first-order chi connectivity index (χ1) is 21.2. The lowest BCUT2D eigenvalue weighted by molar-refractivity contribution is -0.118. The molecule has 2 N–H and O–H groups in total. The Hall–Kier alpha value is -4.68. The Bertz CT molecular complexity index is 1740. The van der Waals surface area contributed by atoms with Crippen molar-refractivity contribution in [3.63, 3.8) is 0 Å². The summed E-state index contributed by atoms with van der Waals surface area (Å²) in [6, 6.07) is 6.31. The highest BCUT2D eigenvalue weighted by Crippen LogP contribution is 2.24. The third-order valence-corrected chi connectivity index (χ3v) is 7.47. The fourth-order valence-electron chi connectivity index (χ4n) is 5.22. The van der Waals surface area contributed by atoms with Crippen LogP contribution in [0.2, 0.25) is 0 Å². The molecule has 3 aromatic rings. The van der Waals surface area contributed by atoms with Crippen LogP contribution in [0, 0.1) is 5.92 Å². The zero-order valence-electron chi connectivity index (χ0n) is 27.0. The van der Waals surface area contributed by atoms with E-state index in [0.717, 1.165) is 17.4 Å². The fraction of sp³-hybridized carbons (Fsp3) is 0.500. The van der Waals surface area contributed by atoms with E-state index in [1.165, 1.54) is 11.6 Å². The third kappa shape index (κ3) is 7.52. The van der Waals surface area contributed by atoms with E-state index >= 15 is 0 Å². The number of fused-ring (bicyclic) bond motifs is 1. The minimum absolute atomic E-state index is 0.182. The molecule has 2 aromatic heterocycles. The van der Waals surface area contributed by atoms with Crippen molar-refractivity contribution in [3.8, 4) is 0 Å². The van der Waals surface area contributed by atoms with Crippen LogP contribution < -0.4 is 26.8 Å². The molecular weight excluding hydrogens is 578 g/mol. The second kappa shape index (κ2) is 13.5. The van der Waals surface area contributed by atoms with Gasteiger partial charge in [-0.05, 0) is 52.7 Å². The Labute approximate surface area is 261 Å². The number of benzene rings is 1. The molecule has 13 nitrogen and oxygen atoms in total. The molecule has 2 amide bonds. The Balaban J connectivity index is 1.73. The zero-order valence-corrected chi connectivity index (χ0v) is 27.0. The quantitative estimate of drug-likeness (QED) is 0.273. The van der Waals surface area contributed by atoms with Crippen LogP contribution >= 0.6 is 0 Å². The number of hydrogen-bond acceptors (Lipinski definition) is 8. The van der Waals surface area contributed by atoms with Crippen molar-refractivity contribution < 1.29 is 19.1 Å². The van der Waals surface area contributed by atoms with Gasteiger partial charge in [0, 0.05) is 44.2 Å². The van der Waals surface area contributed by atoms with Gasteiger partial charge >= 0.3 is 11.8 Å². The number of carbonyl (C=O) groups excluding carboxylic acids is 3. The standard InChI is InChI=1S/C32H43N7O6/c1-8-9-17-38-25-26(35-29(38)37-16-12-13-21(18-37)33-30(43)45-32(4,5)6)36(7)31(44)39(28(25)42)19-24(40)22-14-10-11-15-23(22)34-27(41)20(2)3/h8-11,14-15,20-21H,12-13,16-19H2,1-7H3,(H,33,43)(H,34,41). The monoisotopic (exact) mass is 621 g/mol. The largest absolute Gasteiger partial charge is 0.444 e. The summed E-state index contributed by atoms with van der Waals surface area (Å²) in [6.07, 6.45) is 4.73. The van der Waals surface area contributed by atoms with Gasteiger partial charge < -0.3 is 24.8 Å². The van der Waals surface area contributed by atoms with E-state index in [4.69, 9.17) is 9.72 Å². The number of nitrogens with zero attached hydrogens (tertiary/aromatic N) is 5. The van der Waals surface area contributed by atoms with E-state index in [1.54, 1.807) is 63.5 Å². The highest BCUT2D eigenvalue weighted by molar-refractivity contribution is 6.05. The number of allylic oxidation sites excluding steroid dienone is 2. The molecule has 45 heavy (non-hydrogen) atoms. The molecule has 1 atom stereocenters. The number of ketones is 1. The SMILES string of the molecule is CC=CCn1c(N2CCCC(NC(=O)OC(C)(C)C)C2)nc2c1c(=O)n(CC(=O)c1ccccc1NC(=O)C(C)C)c(=O)n2C. The molecule has 0 bridgehead atoms. The van der Waals surface area contributed by atoms with Gasteiger partial charge in [0.1, 0.15) is 5.60 Å². The molecule has 1 saturated heterocycles. The van der Waals surface area contributed by atoms with E-state index in [1.807, 2.05) is 24.0 Å². The maximum absolute atomic E-state index is 14.0. The molecular formula is C32H43N7O6. The van der Waals surface area contributed by atoms with Crippen molar-refractivity contribution in [1.82, 2.24) is 24.0 Å². The van der Waals surface area contributed by atoms with Crippen LogP contribution in [-0.2, 0) is 29.7 Å². The average molecular weight is 622 g/mol. The predicted octanol–water partition coefficient (Wildman–Crippen LogP) is 3.44. The number of aromatic nitrogens is 4. The molecule has 3 heterocycles. The molecule has 13 heteroatoms. The number of amides is 2. The number of rotatable bonds is 9. The van der Waals surface area contributed by atoms with Gasteiger partial charge in [0.05, 0.1) is 12.2 Å². The minimum atomic E-state index is -0.685. The van der Waals surface area contributed by atoms with Crippen molar-refractivity contribution in [2.24, 2.45) is 13.0 Å². The van der Waals surface area contributed by atoms with Crippen molar-refractivity contribution in [1.29, 1.82) is 0 Å². The lowest BCUT2D eigenvalue weighted by Crippen LogP contribution is -2.49. The summed E-state index contributed by atoms with van der Waals surface area (Å²) in [5.41, 5.74) is -1.08. The van der Waals surface area contributed by atoms with E-state index in [0.29, 0.717) is 31.3 Å². The highest BCUT2D eigenvalue weighted by Gasteiger charge is 2.29. The van der Waals surface area contributed by atoms with Crippen LogP contribution in [0.3, 0.4) is 0 Å². The first-order valence-corrected chi connectivity index (χ1v) is 15.2. The summed E-state index contributed by atoms with van der Waals surface area (Å²) in [7, 11) is 1.52. The van der Waals surface area contributed by atoms with Crippen LogP contribution in [0.1, 0.15) is 64.7 Å². The van der Waals surface area contributed by atoms with Crippen LogP contribution in [0.25, 0.3) is 11.2 Å². The van der Waals surface area contributed by atoms with E-state index in [-0.39, 0.29) is 34.6 Å². The van der Waals surface area contributed by atoms with Crippen molar-refractivity contribution in [2.75, 3.05) is 23.3 Å². The number of alkyl carbamates (subject to hydrolysis) is 1. The van der Waals surface area contributed by atoms with Gasteiger partial charge in [0.25, 0.3) is 5.56 Å². The Morgan fingerprint density at radius 3 is 2.51 bits per heavy atom. The molecule has 0 radical (unpaired) electrons. The number of aryl methyl sites for hydroxylation is 1.